The first-order chi connectivity index (χ1) is 12.6. The molecule has 7 nitrogen and oxygen atoms in total. The number of carboxylic acids is 1. The number of aryl methyl sites for hydroxylation is 1. The molecule has 0 aromatic heterocycles. The largest absolute Gasteiger partial charge is 0.480 e. The van der Waals surface area contributed by atoms with Crippen LogP contribution in [0.2, 0.25) is 5.02 Å². The number of carboxylic acid groups (broad SMARTS) is 1. The average molecular weight is 411 g/mol. The van der Waals surface area contributed by atoms with Crippen molar-refractivity contribution < 1.29 is 23.1 Å². The number of hydrogen-bond acceptors (Lipinski definition) is 4. The lowest BCUT2D eigenvalue weighted by Crippen LogP contribution is -2.49. The Bertz CT molecular complexity index is 944. The number of aliphatic carboxylic acids is 1. The van der Waals surface area contributed by atoms with E-state index in [1.54, 1.807) is 43.3 Å². The molecule has 0 bridgehead atoms. The van der Waals surface area contributed by atoms with E-state index in [0.29, 0.717) is 10.6 Å². The monoisotopic (exact) mass is 410 g/mol. The number of hydrogen-bond donors (Lipinski definition) is 2. The number of carbonyl (C=O) groups is 2. The summed E-state index contributed by atoms with van der Waals surface area (Å²) in [5.41, 5.74) is 1.36. The number of urea groups is 1. The van der Waals surface area contributed by atoms with Crippen LogP contribution in [0.5, 0.6) is 0 Å². The SMILES string of the molecule is Cc1ccc(S(=O)(=O)NC(=O)N(Cc2ccccc2Cl)C(C)C(=O)O)cc1. The van der Waals surface area contributed by atoms with Crippen LogP contribution in [0.3, 0.4) is 0 Å². The van der Waals surface area contributed by atoms with Gasteiger partial charge in [-0.15, -0.1) is 0 Å². The van der Waals surface area contributed by atoms with Gasteiger partial charge in [-0.3, -0.25) is 0 Å². The van der Waals surface area contributed by atoms with Crippen molar-refractivity contribution in [1.29, 1.82) is 0 Å². The van der Waals surface area contributed by atoms with Crippen molar-refractivity contribution in [3.05, 3.63) is 64.7 Å². The van der Waals surface area contributed by atoms with Crippen LogP contribution in [-0.4, -0.2) is 36.5 Å². The fourth-order valence-electron chi connectivity index (χ4n) is 2.28. The van der Waals surface area contributed by atoms with Crippen molar-refractivity contribution in [2.75, 3.05) is 0 Å². The fraction of sp³-hybridized carbons (Fsp3) is 0.222. The van der Waals surface area contributed by atoms with E-state index >= 15 is 0 Å². The number of sulfonamides is 1. The topological polar surface area (TPSA) is 104 Å². The van der Waals surface area contributed by atoms with Gasteiger partial charge < -0.3 is 10.0 Å². The summed E-state index contributed by atoms with van der Waals surface area (Å²) in [4.78, 5) is 24.8. The molecule has 0 aliphatic rings. The molecule has 0 spiro atoms. The maximum atomic E-state index is 12.6. The third-order valence-electron chi connectivity index (χ3n) is 3.94. The fourth-order valence-corrected chi connectivity index (χ4v) is 3.43. The van der Waals surface area contributed by atoms with Crippen molar-refractivity contribution >= 4 is 33.6 Å². The van der Waals surface area contributed by atoms with Crippen LogP contribution in [-0.2, 0) is 21.4 Å². The molecule has 0 aliphatic heterocycles. The van der Waals surface area contributed by atoms with Crippen LogP contribution in [0.25, 0.3) is 0 Å². The Kier molecular flexibility index (Phi) is 6.45. The molecule has 0 radical (unpaired) electrons. The predicted octanol–water partition coefficient (Wildman–Crippen LogP) is 3.02. The summed E-state index contributed by atoms with van der Waals surface area (Å²) < 4.78 is 26.8. The van der Waals surface area contributed by atoms with E-state index in [4.69, 9.17) is 11.6 Å². The van der Waals surface area contributed by atoms with E-state index in [1.807, 2.05) is 4.72 Å². The van der Waals surface area contributed by atoms with E-state index in [2.05, 4.69) is 0 Å². The highest BCUT2D eigenvalue weighted by Crippen LogP contribution is 2.19. The Morgan fingerprint density at radius 2 is 1.74 bits per heavy atom. The second-order valence-corrected chi connectivity index (χ2v) is 8.05. The minimum absolute atomic E-state index is 0.0953. The summed E-state index contributed by atoms with van der Waals surface area (Å²) >= 11 is 6.08. The molecular formula is C18H19ClN2O5S. The zero-order chi connectivity index (χ0) is 20.2. The summed E-state index contributed by atoms with van der Waals surface area (Å²) in [6, 6.07) is 10.2. The smallest absolute Gasteiger partial charge is 0.332 e. The van der Waals surface area contributed by atoms with Gasteiger partial charge in [0.05, 0.1) is 4.90 Å². The highest BCUT2D eigenvalue weighted by Gasteiger charge is 2.29. The maximum absolute atomic E-state index is 12.6. The molecule has 1 unspecified atom stereocenters. The van der Waals surface area contributed by atoms with Crippen LogP contribution in [0.15, 0.2) is 53.4 Å². The number of benzene rings is 2. The average Bonchev–Trinajstić information content (AvgIpc) is 2.60. The van der Waals surface area contributed by atoms with E-state index in [-0.39, 0.29) is 11.4 Å². The molecule has 0 fully saturated rings. The molecule has 0 saturated heterocycles. The van der Waals surface area contributed by atoms with Crippen LogP contribution < -0.4 is 4.72 Å². The number of nitrogens with zero attached hydrogens (tertiary/aromatic N) is 1. The first-order valence-corrected chi connectivity index (χ1v) is 9.84. The number of nitrogens with one attached hydrogen (secondary N) is 1. The van der Waals surface area contributed by atoms with Crippen molar-refractivity contribution in [3.8, 4) is 0 Å². The molecule has 0 aliphatic carbocycles. The molecule has 2 amide bonds. The third-order valence-corrected chi connectivity index (χ3v) is 5.64. The number of rotatable bonds is 6. The lowest BCUT2D eigenvalue weighted by molar-refractivity contribution is -0.141. The zero-order valence-corrected chi connectivity index (χ0v) is 16.3. The molecular weight excluding hydrogens is 392 g/mol. The van der Waals surface area contributed by atoms with Gasteiger partial charge in [-0.05, 0) is 37.6 Å². The molecule has 9 heteroatoms. The number of carbonyl (C=O) groups excluding carboxylic acids is 1. The summed E-state index contributed by atoms with van der Waals surface area (Å²) in [5.74, 6) is -1.27. The van der Waals surface area contributed by atoms with E-state index in [1.165, 1.54) is 19.1 Å². The third kappa shape index (κ3) is 5.21. The summed E-state index contributed by atoms with van der Waals surface area (Å²) in [6.45, 7) is 2.93. The molecule has 0 heterocycles. The molecule has 2 N–H and O–H groups in total. The Hall–Kier alpha value is -2.58. The van der Waals surface area contributed by atoms with E-state index in [9.17, 15) is 23.1 Å². The molecule has 1 atom stereocenters. The normalized spacial score (nSPS) is 12.3. The van der Waals surface area contributed by atoms with Gasteiger partial charge in [0.15, 0.2) is 0 Å². The molecule has 2 aromatic rings. The van der Waals surface area contributed by atoms with Gasteiger partial charge in [-0.2, -0.15) is 0 Å². The summed E-state index contributed by atoms with van der Waals surface area (Å²) in [7, 11) is -4.15. The number of amides is 2. The van der Waals surface area contributed by atoms with Crippen molar-refractivity contribution in [2.24, 2.45) is 0 Å². The summed E-state index contributed by atoms with van der Waals surface area (Å²) in [5, 5.41) is 9.63. The molecule has 0 saturated carbocycles. The first kappa shape index (κ1) is 20.7. The zero-order valence-electron chi connectivity index (χ0n) is 14.7. The second-order valence-electron chi connectivity index (χ2n) is 5.96. The second kappa shape index (κ2) is 8.41. The van der Waals surface area contributed by atoms with Crippen molar-refractivity contribution in [1.82, 2.24) is 9.62 Å². The summed E-state index contributed by atoms with van der Waals surface area (Å²) in [6.07, 6.45) is 0. The van der Waals surface area contributed by atoms with Gasteiger partial charge in [0.2, 0.25) is 0 Å². The first-order valence-electron chi connectivity index (χ1n) is 7.98. The van der Waals surface area contributed by atoms with E-state index < -0.39 is 28.1 Å². The van der Waals surface area contributed by atoms with Crippen LogP contribution in [0.1, 0.15) is 18.1 Å². The van der Waals surface area contributed by atoms with Gasteiger partial charge in [0.1, 0.15) is 6.04 Å². The minimum Gasteiger partial charge on any atom is -0.480 e. The van der Waals surface area contributed by atoms with Gasteiger partial charge in [-0.25, -0.2) is 22.7 Å². The minimum atomic E-state index is -4.15. The van der Waals surface area contributed by atoms with Crippen LogP contribution >= 0.6 is 11.6 Å². The molecule has 144 valence electrons. The van der Waals surface area contributed by atoms with Crippen LogP contribution in [0.4, 0.5) is 4.79 Å². The Balaban J connectivity index is 2.29. The highest BCUT2D eigenvalue weighted by atomic mass is 35.5. The molecule has 2 aromatic carbocycles. The lowest BCUT2D eigenvalue weighted by Gasteiger charge is -2.27. The molecule has 27 heavy (non-hydrogen) atoms. The molecule has 2 rings (SSSR count). The van der Waals surface area contributed by atoms with Gasteiger partial charge in [0.25, 0.3) is 10.0 Å². The Morgan fingerprint density at radius 3 is 2.30 bits per heavy atom. The van der Waals surface area contributed by atoms with Gasteiger partial charge in [-0.1, -0.05) is 47.5 Å². The predicted molar refractivity (Wildman–Crippen MR) is 101 cm³/mol. The maximum Gasteiger partial charge on any atom is 0.332 e. The van der Waals surface area contributed by atoms with Gasteiger partial charge >= 0.3 is 12.0 Å². The quantitative estimate of drug-likeness (QED) is 0.761. The Morgan fingerprint density at radius 1 is 1.15 bits per heavy atom. The Labute approximate surface area is 162 Å². The van der Waals surface area contributed by atoms with Crippen molar-refractivity contribution in [3.63, 3.8) is 0 Å². The lowest BCUT2D eigenvalue weighted by atomic mass is 10.2. The standard InChI is InChI=1S/C18H19ClN2O5S/c1-12-7-9-15(10-8-12)27(25,26)20-18(24)21(13(2)17(22)23)11-14-5-3-4-6-16(14)19/h3-10,13H,11H2,1-2H3,(H,20,24)(H,22,23). The highest BCUT2D eigenvalue weighted by molar-refractivity contribution is 7.90. The van der Waals surface area contributed by atoms with Crippen LogP contribution in [0, 0.1) is 6.92 Å². The number of halogens is 1. The van der Waals surface area contributed by atoms with E-state index in [0.717, 1.165) is 10.5 Å². The van der Waals surface area contributed by atoms with Gasteiger partial charge in [0, 0.05) is 11.6 Å². The van der Waals surface area contributed by atoms with Crippen molar-refractivity contribution in [2.45, 2.75) is 31.3 Å².